The zero-order chi connectivity index (χ0) is 22.1. The number of aromatic nitrogens is 2. The highest BCUT2D eigenvalue weighted by atomic mass is 16.5. The van der Waals surface area contributed by atoms with Crippen molar-refractivity contribution in [3.8, 4) is 11.3 Å². The molecule has 4 heterocycles. The van der Waals surface area contributed by atoms with Crippen LogP contribution in [0.5, 0.6) is 0 Å². The van der Waals surface area contributed by atoms with Crippen molar-refractivity contribution in [3.05, 3.63) is 66.6 Å². The number of carbonyl (C=O) groups is 3. The van der Waals surface area contributed by atoms with Crippen LogP contribution in [0.4, 0.5) is 10.5 Å². The lowest BCUT2D eigenvalue weighted by atomic mass is 10.0. The van der Waals surface area contributed by atoms with Crippen molar-refractivity contribution in [1.82, 2.24) is 19.9 Å². The van der Waals surface area contributed by atoms with E-state index in [9.17, 15) is 14.4 Å². The number of carbonyl (C=O) groups excluding carboxylic acids is 3. The molecule has 32 heavy (non-hydrogen) atoms. The van der Waals surface area contributed by atoms with Gasteiger partial charge in [-0.25, -0.2) is 9.69 Å². The van der Waals surface area contributed by atoms with Crippen LogP contribution in [-0.4, -0.2) is 63.5 Å². The van der Waals surface area contributed by atoms with Crippen molar-refractivity contribution in [2.75, 3.05) is 24.5 Å². The lowest BCUT2D eigenvalue weighted by Crippen LogP contribution is -2.48. The summed E-state index contributed by atoms with van der Waals surface area (Å²) in [5.74, 6) is 0.0424. The zero-order valence-electron chi connectivity index (χ0n) is 17.3. The van der Waals surface area contributed by atoms with Crippen LogP contribution >= 0.6 is 0 Å². The van der Waals surface area contributed by atoms with Gasteiger partial charge in [0.15, 0.2) is 11.5 Å². The molecule has 1 aromatic carbocycles. The summed E-state index contributed by atoms with van der Waals surface area (Å²) in [4.78, 5) is 46.9. The van der Waals surface area contributed by atoms with Crippen molar-refractivity contribution >= 4 is 23.5 Å². The van der Waals surface area contributed by atoms with Gasteiger partial charge in [-0.2, -0.15) is 0 Å². The Kier molecular flexibility index (Phi) is 5.14. The summed E-state index contributed by atoms with van der Waals surface area (Å²) >= 11 is 0. The number of benzene rings is 1. The average molecular weight is 431 g/mol. The number of urea groups is 1. The molecule has 0 spiro atoms. The van der Waals surface area contributed by atoms with Crippen LogP contribution in [-0.2, 0) is 4.79 Å². The third-order valence-corrected chi connectivity index (χ3v) is 5.87. The van der Waals surface area contributed by atoms with Crippen LogP contribution in [0.2, 0.25) is 0 Å². The summed E-state index contributed by atoms with van der Waals surface area (Å²) in [6.45, 7) is 1.01. The maximum Gasteiger partial charge on any atom is 0.332 e. The summed E-state index contributed by atoms with van der Waals surface area (Å²) in [6.07, 6.45) is 4.50. The van der Waals surface area contributed by atoms with Crippen LogP contribution in [0.25, 0.3) is 11.3 Å². The molecule has 5 rings (SSSR count). The second kappa shape index (κ2) is 8.26. The van der Waals surface area contributed by atoms with Crippen molar-refractivity contribution in [1.29, 1.82) is 0 Å². The van der Waals surface area contributed by atoms with E-state index in [4.69, 9.17) is 4.52 Å². The molecular formula is C23H21N5O4. The fourth-order valence-electron chi connectivity index (χ4n) is 4.20. The maximum atomic E-state index is 12.9. The molecule has 0 saturated carbocycles. The molecule has 0 bridgehead atoms. The first-order chi connectivity index (χ1) is 15.6. The number of pyridine rings is 1. The molecule has 2 aromatic heterocycles. The molecule has 2 saturated heterocycles. The Bertz CT molecular complexity index is 1140. The predicted octanol–water partition coefficient (Wildman–Crippen LogP) is 2.81. The summed E-state index contributed by atoms with van der Waals surface area (Å²) in [7, 11) is 0. The minimum atomic E-state index is -0.302. The molecular weight excluding hydrogens is 410 g/mol. The summed E-state index contributed by atoms with van der Waals surface area (Å²) < 4.78 is 5.31. The molecule has 0 radical (unpaired) electrons. The van der Waals surface area contributed by atoms with E-state index in [0.29, 0.717) is 37.4 Å². The van der Waals surface area contributed by atoms with Crippen LogP contribution in [0.3, 0.4) is 0 Å². The van der Waals surface area contributed by atoms with Gasteiger partial charge >= 0.3 is 6.03 Å². The number of hydrogen-bond donors (Lipinski definition) is 0. The predicted molar refractivity (Wildman–Crippen MR) is 115 cm³/mol. The van der Waals surface area contributed by atoms with Gasteiger partial charge in [-0.05, 0) is 37.1 Å². The summed E-state index contributed by atoms with van der Waals surface area (Å²) in [6, 6.07) is 13.8. The van der Waals surface area contributed by atoms with Crippen molar-refractivity contribution in [2.24, 2.45) is 0 Å². The van der Waals surface area contributed by atoms with E-state index >= 15 is 0 Å². The van der Waals surface area contributed by atoms with E-state index in [1.807, 2.05) is 12.1 Å². The Morgan fingerprint density at radius 2 is 1.81 bits per heavy atom. The van der Waals surface area contributed by atoms with E-state index in [2.05, 4.69) is 10.1 Å². The van der Waals surface area contributed by atoms with Crippen molar-refractivity contribution in [2.45, 2.75) is 18.9 Å². The maximum absolute atomic E-state index is 12.9. The number of rotatable bonds is 4. The number of imide groups is 1. The average Bonchev–Trinajstić information content (AvgIpc) is 3.45. The third-order valence-electron chi connectivity index (χ3n) is 5.87. The van der Waals surface area contributed by atoms with E-state index in [-0.39, 0.29) is 36.1 Å². The highest BCUT2D eigenvalue weighted by Crippen LogP contribution is 2.27. The van der Waals surface area contributed by atoms with Crippen molar-refractivity contribution in [3.63, 3.8) is 0 Å². The molecule has 2 aliphatic rings. The van der Waals surface area contributed by atoms with Gasteiger partial charge in [-0.1, -0.05) is 23.4 Å². The summed E-state index contributed by atoms with van der Waals surface area (Å²) in [5.41, 5.74) is 1.57. The Balaban J connectivity index is 1.22. The lowest BCUT2D eigenvalue weighted by molar-refractivity contribution is -0.116. The Morgan fingerprint density at radius 3 is 2.53 bits per heavy atom. The van der Waals surface area contributed by atoms with E-state index < -0.39 is 0 Å². The molecule has 3 aromatic rings. The number of likely N-dealkylation sites (tertiary alicyclic amines) is 1. The number of nitrogens with zero attached hydrogens (tertiary/aromatic N) is 5. The molecule has 4 amide bonds. The highest BCUT2D eigenvalue weighted by molar-refractivity contribution is 6.19. The SMILES string of the molecule is O=C(c1cc(-c2cccnc2)on1)N1CCC(N2CC(=O)N(c3ccccc3)C2=O)CC1. The van der Waals surface area contributed by atoms with Gasteiger partial charge in [-0.3, -0.25) is 14.6 Å². The second-order valence-corrected chi connectivity index (χ2v) is 7.82. The fraction of sp³-hybridized carbons (Fsp3) is 0.261. The zero-order valence-corrected chi connectivity index (χ0v) is 17.3. The van der Waals surface area contributed by atoms with Gasteiger partial charge in [-0.15, -0.1) is 0 Å². The Morgan fingerprint density at radius 1 is 1.03 bits per heavy atom. The topological polar surface area (TPSA) is 99.8 Å². The molecule has 9 nitrogen and oxygen atoms in total. The van der Waals surface area contributed by atoms with Crippen molar-refractivity contribution < 1.29 is 18.9 Å². The minimum Gasteiger partial charge on any atom is -0.355 e. The third kappa shape index (κ3) is 3.62. The van der Waals surface area contributed by atoms with Gasteiger partial charge < -0.3 is 14.3 Å². The number of para-hydroxylation sites is 1. The van der Waals surface area contributed by atoms with E-state index in [1.54, 1.807) is 58.6 Å². The first-order valence-corrected chi connectivity index (χ1v) is 10.5. The monoisotopic (exact) mass is 431 g/mol. The van der Waals surface area contributed by atoms with Gasteiger partial charge in [0.25, 0.3) is 11.8 Å². The molecule has 0 N–H and O–H groups in total. The largest absolute Gasteiger partial charge is 0.355 e. The highest BCUT2D eigenvalue weighted by Gasteiger charge is 2.42. The van der Waals surface area contributed by atoms with Gasteiger partial charge in [0.1, 0.15) is 6.54 Å². The molecule has 0 unspecified atom stereocenters. The fourth-order valence-corrected chi connectivity index (χ4v) is 4.20. The molecule has 0 atom stereocenters. The second-order valence-electron chi connectivity index (χ2n) is 7.82. The van der Waals surface area contributed by atoms with Gasteiger partial charge in [0.2, 0.25) is 0 Å². The lowest BCUT2D eigenvalue weighted by Gasteiger charge is -2.35. The van der Waals surface area contributed by atoms with Crippen LogP contribution in [0.1, 0.15) is 23.3 Å². The molecule has 162 valence electrons. The molecule has 9 heteroatoms. The summed E-state index contributed by atoms with van der Waals surface area (Å²) in [5, 5.41) is 3.92. The molecule has 2 fully saturated rings. The Hall–Kier alpha value is -4.01. The smallest absolute Gasteiger partial charge is 0.332 e. The van der Waals surface area contributed by atoms with E-state index in [1.165, 1.54) is 4.90 Å². The molecule has 0 aliphatic carbocycles. The van der Waals surface area contributed by atoms with E-state index in [0.717, 1.165) is 5.56 Å². The van der Waals surface area contributed by atoms with Gasteiger partial charge in [0.05, 0.1) is 5.69 Å². The quantitative estimate of drug-likeness (QED) is 0.589. The minimum absolute atomic E-state index is 0.0596. The molecule has 2 aliphatic heterocycles. The first-order valence-electron chi connectivity index (χ1n) is 10.5. The normalized spacial score (nSPS) is 17.3. The number of anilines is 1. The van der Waals surface area contributed by atoms with Gasteiger partial charge in [0, 0.05) is 43.2 Å². The number of piperidine rings is 1. The van der Waals surface area contributed by atoms with Crippen LogP contribution < -0.4 is 4.90 Å². The Labute approximate surface area is 184 Å². The number of hydrogen-bond acceptors (Lipinski definition) is 6. The standard InChI is InChI=1S/C23H21N5O4/c29-21-15-27(23(31)28(21)18-6-2-1-3-7-18)17-8-11-26(12-9-17)22(30)19-13-20(32-25-19)16-5-4-10-24-14-16/h1-7,10,13-14,17H,8-9,11-12,15H2. The number of amides is 4. The first kappa shape index (κ1) is 19.9. The van der Waals surface area contributed by atoms with Crippen LogP contribution in [0, 0.1) is 0 Å². The van der Waals surface area contributed by atoms with Crippen LogP contribution in [0.15, 0.2) is 65.4 Å².